The van der Waals surface area contributed by atoms with Crippen LogP contribution in [0.1, 0.15) is 47.3 Å². The van der Waals surface area contributed by atoms with Crippen LogP contribution in [-0.2, 0) is 24.1 Å². The average Bonchev–Trinajstić information content (AvgIpc) is 2.87. The zero-order chi connectivity index (χ0) is 18.4. The van der Waals surface area contributed by atoms with Gasteiger partial charge < -0.3 is 9.84 Å². The second-order valence-electron chi connectivity index (χ2n) is 8.00. The van der Waals surface area contributed by atoms with Gasteiger partial charge in [0.1, 0.15) is 5.72 Å². The summed E-state index contributed by atoms with van der Waals surface area (Å²) in [5, 5.41) is 9.34. The monoisotopic (exact) mass is 351 g/mol. The van der Waals surface area contributed by atoms with E-state index in [1.807, 2.05) is 18.2 Å². The van der Waals surface area contributed by atoms with E-state index in [1.54, 1.807) is 6.07 Å². The van der Waals surface area contributed by atoms with E-state index in [4.69, 9.17) is 4.74 Å². The normalized spacial score (nSPS) is 24.5. The van der Waals surface area contributed by atoms with Crippen molar-refractivity contribution in [3.8, 4) is 0 Å². The zero-order valence-electron chi connectivity index (χ0n) is 15.4. The van der Waals surface area contributed by atoms with Crippen molar-refractivity contribution in [1.29, 1.82) is 0 Å². The highest BCUT2D eigenvalue weighted by Gasteiger charge is 2.52. The third-order valence-corrected chi connectivity index (χ3v) is 5.93. The number of aromatic carboxylic acids is 1. The Morgan fingerprint density at radius 3 is 2.65 bits per heavy atom. The molecule has 0 amide bonds. The largest absolute Gasteiger partial charge is 0.478 e. The number of rotatable bonds is 3. The van der Waals surface area contributed by atoms with Crippen LogP contribution in [0.2, 0.25) is 0 Å². The third-order valence-electron chi connectivity index (χ3n) is 5.93. The van der Waals surface area contributed by atoms with Gasteiger partial charge in [0.2, 0.25) is 0 Å². The number of ether oxygens (including phenoxy) is 1. The first kappa shape index (κ1) is 17.3. The van der Waals surface area contributed by atoms with Gasteiger partial charge >= 0.3 is 5.97 Å². The van der Waals surface area contributed by atoms with Crippen molar-refractivity contribution in [2.45, 2.75) is 50.9 Å². The molecule has 1 atom stereocenters. The first-order valence-corrected chi connectivity index (χ1v) is 9.20. The third kappa shape index (κ3) is 2.93. The Bertz CT molecular complexity index is 831. The predicted molar refractivity (Wildman–Crippen MR) is 100 cm³/mol. The summed E-state index contributed by atoms with van der Waals surface area (Å²) in [6.07, 6.45) is 2.82. The van der Waals surface area contributed by atoms with Crippen molar-refractivity contribution in [3.63, 3.8) is 0 Å². The van der Waals surface area contributed by atoms with Gasteiger partial charge in [0.05, 0.1) is 17.7 Å². The van der Waals surface area contributed by atoms with Crippen LogP contribution in [0.15, 0.2) is 48.5 Å². The van der Waals surface area contributed by atoms with Crippen LogP contribution >= 0.6 is 0 Å². The molecule has 0 bridgehead atoms. The Kier molecular flexibility index (Phi) is 4.13. The SMILES string of the molecule is CC1(C)OCC2(CCc3ccc(C(=O)O)cc3C2)N1Cc1ccccc1. The van der Waals surface area contributed by atoms with Gasteiger partial charge in [0.15, 0.2) is 0 Å². The van der Waals surface area contributed by atoms with Crippen molar-refractivity contribution < 1.29 is 14.6 Å². The van der Waals surface area contributed by atoms with Gasteiger partial charge in [-0.25, -0.2) is 4.79 Å². The Labute approximate surface area is 154 Å². The Morgan fingerprint density at radius 1 is 1.15 bits per heavy atom. The number of benzene rings is 2. The number of carboxylic acids is 1. The van der Waals surface area contributed by atoms with Gasteiger partial charge in [-0.05, 0) is 61.9 Å². The summed E-state index contributed by atoms with van der Waals surface area (Å²) >= 11 is 0. The van der Waals surface area contributed by atoms with Crippen molar-refractivity contribution in [3.05, 3.63) is 70.8 Å². The van der Waals surface area contributed by atoms with Crippen LogP contribution < -0.4 is 0 Å². The van der Waals surface area contributed by atoms with Gasteiger partial charge in [-0.3, -0.25) is 4.90 Å². The maximum absolute atomic E-state index is 11.4. The van der Waals surface area contributed by atoms with Gasteiger partial charge in [-0.1, -0.05) is 36.4 Å². The topological polar surface area (TPSA) is 49.8 Å². The van der Waals surface area contributed by atoms with Crippen molar-refractivity contribution in [2.24, 2.45) is 0 Å². The number of hydrogen-bond acceptors (Lipinski definition) is 3. The molecular weight excluding hydrogens is 326 g/mol. The summed E-state index contributed by atoms with van der Waals surface area (Å²) in [7, 11) is 0. The first-order valence-electron chi connectivity index (χ1n) is 9.20. The molecule has 0 aromatic heterocycles. The van der Waals surface area contributed by atoms with Crippen LogP contribution in [0.4, 0.5) is 0 Å². The minimum absolute atomic E-state index is 0.0799. The lowest BCUT2D eigenvalue weighted by Crippen LogP contribution is -2.54. The molecule has 4 rings (SSSR count). The van der Waals surface area contributed by atoms with Gasteiger partial charge in [-0.2, -0.15) is 0 Å². The van der Waals surface area contributed by atoms with E-state index >= 15 is 0 Å². The predicted octanol–water partition coefficient (Wildman–Crippen LogP) is 3.88. The minimum Gasteiger partial charge on any atom is -0.478 e. The molecule has 1 fully saturated rings. The molecule has 136 valence electrons. The Morgan fingerprint density at radius 2 is 1.92 bits per heavy atom. The van der Waals surface area contributed by atoms with Crippen molar-refractivity contribution in [1.82, 2.24) is 4.90 Å². The number of aryl methyl sites for hydroxylation is 1. The molecule has 1 aliphatic heterocycles. The van der Waals surface area contributed by atoms with E-state index in [0.29, 0.717) is 12.2 Å². The van der Waals surface area contributed by atoms with Crippen LogP contribution in [0.3, 0.4) is 0 Å². The molecule has 1 heterocycles. The molecule has 2 aromatic rings. The number of carboxylic acid groups (broad SMARTS) is 1. The van der Waals surface area contributed by atoms with E-state index in [1.165, 1.54) is 11.1 Å². The second-order valence-corrected chi connectivity index (χ2v) is 8.00. The minimum atomic E-state index is -0.864. The molecule has 4 heteroatoms. The standard InChI is InChI=1S/C22H25NO3/c1-21(2)23(14-16-6-4-3-5-7-16)22(15-26-21)11-10-17-8-9-18(20(24)25)12-19(17)13-22/h3-9,12H,10-11,13-15H2,1-2H3,(H,24,25). The molecule has 1 saturated heterocycles. The lowest BCUT2D eigenvalue weighted by Gasteiger charge is -2.45. The lowest BCUT2D eigenvalue weighted by molar-refractivity contribution is -0.0673. The summed E-state index contributed by atoms with van der Waals surface area (Å²) in [4.78, 5) is 13.9. The summed E-state index contributed by atoms with van der Waals surface area (Å²) in [5.41, 5.74) is 3.64. The number of fused-ring (bicyclic) bond motifs is 1. The summed E-state index contributed by atoms with van der Waals surface area (Å²) in [5.74, 6) is -0.864. The molecule has 1 N–H and O–H groups in total. The molecule has 0 radical (unpaired) electrons. The summed E-state index contributed by atoms with van der Waals surface area (Å²) in [6, 6.07) is 16.0. The Hall–Kier alpha value is -2.17. The average molecular weight is 351 g/mol. The fourth-order valence-corrected chi connectivity index (χ4v) is 4.49. The van der Waals surface area contributed by atoms with E-state index in [2.05, 4.69) is 43.0 Å². The molecular formula is C22H25NO3. The molecule has 2 aromatic carbocycles. The quantitative estimate of drug-likeness (QED) is 0.912. The van der Waals surface area contributed by atoms with Crippen LogP contribution in [0.25, 0.3) is 0 Å². The van der Waals surface area contributed by atoms with Crippen molar-refractivity contribution >= 4 is 5.97 Å². The number of nitrogens with zero attached hydrogens (tertiary/aromatic N) is 1. The number of carbonyl (C=O) groups is 1. The molecule has 4 nitrogen and oxygen atoms in total. The maximum Gasteiger partial charge on any atom is 0.335 e. The van der Waals surface area contributed by atoms with E-state index in [9.17, 15) is 9.90 Å². The molecule has 26 heavy (non-hydrogen) atoms. The molecule has 2 aliphatic rings. The first-order chi connectivity index (χ1) is 12.4. The highest BCUT2D eigenvalue weighted by molar-refractivity contribution is 5.88. The fourth-order valence-electron chi connectivity index (χ4n) is 4.49. The fraction of sp³-hybridized carbons (Fsp3) is 0.409. The Balaban J connectivity index is 1.68. The smallest absolute Gasteiger partial charge is 0.335 e. The number of hydrogen-bond donors (Lipinski definition) is 1. The van der Waals surface area contributed by atoms with Crippen LogP contribution in [0.5, 0.6) is 0 Å². The summed E-state index contributed by atoms with van der Waals surface area (Å²) < 4.78 is 6.22. The van der Waals surface area contributed by atoms with Crippen LogP contribution in [0, 0.1) is 0 Å². The maximum atomic E-state index is 11.4. The van der Waals surface area contributed by atoms with E-state index < -0.39 is 5.97 Å². The molecule has 0 saturated carbocycles. The summed E-state index contributed by atoms with van der Waals surface area (Å²) in [6.45, 7) is 5.78. The van der Waals surface area contributed by atoms with Gasteiger partial charge in [-0.15, -0.1) is 0 Å². The molecule has 1 aliphatic carbocycles. The van der Waals surface area contributed by atoms with Crippen LogP contribution in [-0.4, -0.2) is 33.8 Å². The highest BCUT2D eigenvalue weighted by Crippen LogP contribution is 2.44. The molecule has 1 spiro atoms. The van der Waals surface area contributed by atoms with E-state index in [0.717, 1.165) is 31.4 Å². The lowest BCUT2D eigenvalue weighted by atomic mass is 9.76. The zero-order valence-corrected chi connectivity index (χ0v) is 15.4. The van der Waals surface area contributed by atoms with Gasteiger partial charge in [0.25, 0.3) is 0 Å². The van der Waals surface area contributed by atoms with E-state index in [-0.39, 0.29) is 11.3 Å². The highest BCUT2D eigenvalue weighted by atomic mass is 16.5. The van der Waals surface area contributed by atoms with Crippen molar-refractivity contribution in [2.75, 3.05) is 6.61 Å². The molecule has 1 unspecified atom stereocenters. The van der Waals surface area contributed by atoms with Gasteiger partial charge in [0, 0.05) is 6.54 Å². The second kappa shape index (κ2) is 6.22.